The maximum Gasteiger partial charge on any atom is 0.152 e. The summed E-state index contributed by atoms with van der Waals surface area (Å²) in [5.41, 5.74) is 8.64. The molecular weight excluding hydrogens is 360 g/mol. The minimum absolute atomic E-state index is 0.704. The summed E-state index contributed by atoms with van der Waals surface area (Å²) < 4.78 is 3.76. The summed E-state index contributed by atoms with van der Waals surface area (Å²) in [6, 6.07) is 5.93. The van der Waals surface area contributed by atoms with Gasteiger partial charge in [-0.25, -0.2) is 0 Å². The lowest BCUT2D eigenvalue weighted by Crippen LogP contribution is -2.01. The molecule has 96 valence electrons. The first-order valence-electron chi connectivity index (χ1n) is 5.56. The largest absolute Gasteiger partial charge is 0.394 e. The molecule has 6 heteroatoms. The van der Waals surface area contributed by atoms with Gasteiger partial charge >= 0.3 is 0 Å². The molecule has 0 unspecified atom stereocenters. The number of nitrogens with one attached hydrogen (secondary N) is 1. The van der Waals surface area contributed by atoms with E-state index >= 15 is 0 Å². The van der Waals surface area contributed by atoms with Gasteiger partial charge < -0.3 is 11.1 Å². The van der Waals surface area contributed by atoms with Crippen LogP contribution in [0.2, 0.25) is 0 Å². The molecule has 0 aliphatic carbocycles. The second-order valence-corrected chi connectivity index (χ2v) is 5.71. The average Bonchev–Trinajstić information content (AvgIpc) is 2.59. The van der Waals surface area contributed by atoms with Gasteiger partial charge in [0.2, 0.25) is 0 Å². The SMILES string of the molecule is CCc1nn(C)c(Nc2ccc(Br)cc2Br)c1N. The molecule has 18 heavy (non-hydrogen) atoms. The van der Waals surface area contributed by atoms with Gasteiger partial charge in [-0.15, -0.1) is 0 Å². The van der Waals surface area contributed by atoms with Crippen molar-refractivity contribution in [2.24, 2.45) is 7.05 Å². The Hall–Kier alpha value is -1.01. The Morgan fingerprint density at radius 1 is 1.39 bits per heavy atom. The summed E-state index contributed by atoms with van der Waals surface area (Å²) in [7, 11) is 1.88. The third-order valence-corrected chi connectivity index (χ3v) is 3.83. The number of aromatic nitrogens is 2. The molecule has 0 bridgehead atoms. The van der Waals surface area contributed by atoms with E-state index in [1.165, 1.54) is 0 Å². The van der Waals surface area contributed by atoms with Crippen molar-refractivity contribution < 1.29 is 0 Å². The van der Waals surface area contributed by atoms with Crippen LogP contribution in [0.15, 0.2) is 27.1 Å². The molecule has 0 atom stereocenters. The molecule has 0 radical (unpaired) electrons. The van der Waals surface area contributed by atoms with E-state index in [0.717, 1.165) is 32.6 Å². The minimum atomic E-state index is 0.704. The van der Waals surface area contributed by atoms with Crippen LogP contribution in [0.3, 0.4) is 0 Å². The number of hydrogen-bond donors (Lipinski definition) is 2. The number of anilines is 3. The van der Waals surface area contributed by atoms with Crippen LogP contribution in [0.5, 0.6) is 0 Å². The third-order valence-electron chi connectivity index (χ3n) is 2.68. The monoisotopic (exact) mass is 372 g/mol. The number of rotatable bonds is 3. The molecule has 2 aromatic rings. The highest BCUT2D eigenvalue weighted by molar-refractivity contribution is 9.11. The van der Waals surface area contributed by atoms with Crippen molar-refractivity contribution in [3.8, 4) is 0 Å². The van der Waals surface area contributed by atoms with E-state index in [4.69, 9.17) is 5.73 Å². The van der Waals surface area contributed by atoms with E-state index in [9.17, 15) is 0 Å². The first-order chi connectivity index (χ1) is 8.52. The predicted molar refractivity (Wildman–Crippen MR) is 82.1 cm³/mol. The summed E-state index contributed by atoms with van der Waals surface area (Å²) >= 11 is 6.94. The van der Waals surface area contributed by atoms with E-state index < -0.39 is 0 Å². The molecule has 0 amide bonds. The summed E-state index contributed by atoms with van der Waals surface area (Å²) in [4.78, 5) is 0. The minimum Gasteiger partial charge on any atom is -0.394 e. The van der Waals surface area contributed by atoms with E-state index in [2.05, 4.69) is 42.3 Å². The van der Waals surface area contributed by atoms with Crippen molar-refractivity contribution in [1.29, 1.82) is 0 Å². The highest BCUT2D eigenvalue weighted by Crippen LogP contribution is 2.31. The van der Waals surface area contributed by atoms with Crippen molar-refractivity contribution in [3.63, 3.8) is 0 Å². The van der Waals surface area contributed by atoms with Gasteiger partial charge in [-0.05, 0) is 40.5 Å². The molecule has 0 spiro atoms. The molecule has 1 heterocycles. The highest BCUT2D eigenvalue weighted by atomic mass is 79.9. The van der Waals surface area contributed by atoms with Crippen LogP contribution in [0.4, 0.5) is 17.2 Å². The van der Waals surface area contributed by atoms with Gasteiger partial charge in [0.1, 0.15) is 0 Å². The number of hydrogen-bond acceptors (Lipinski definition) is 3. The molecule has 0 aliphatic heterocycles. The number of nitrogens with two attached hydrogens (primary N) is 1. The zero-order valence-electron chi connectivity index (χ0n) is 10.2. The quantitative estimate of drug-likeness (QED) is 0.859. The Morgan fingerprint density at radius 3 is 2.67 bits per heavy atom. The van der Waals surface area contributed by atoms with Gasteiger partial charge in [-0.1, -0.05) is 22.9 Å². The topological polar surface area (TPSA) is 55.9 Å². The number of benzene rings is 1. The first kappa shape index (κ1) is 13.4. The van der Waals surface area contributed by atoms with Crippen LogP contribution in [-0.4, -0.2) is 9.78 Å². The number of aryl methyl sites for hydroxylation is 2. The molecule has 3 N–H and O–H groups in total. The van der Waals surface area contributed by atoms with Gasteiger partial charge in [0.15, 0.2) is 5.82 Å². The number of nitrogen functional groups attached to an aromatic ring is 1. The van der Waals surface area contributed by atoms with Crippen LogP contribution >= 0.6 is 31.9 Å². The maximum atomic E-state index is 6.07. The number of nitrogens with zero attached hydrogens (tertiary/aromatic N) is 2. The van der Waals surface area contributed by atoms with Crippen molar-refractivity contribution in [3.05, 3.63) is 32.8 Å². The fourth-order valence-electron chi connectivity index (χ4n) is 1.72. The predicted octanol–water partition coefficient (Wildman–Crippen LogP) is 3.83. The molecule has 4 nitrogen and oxygen atoms in total. The summed E-state index contributed by atoms with van der Waals surface area (Å²) in [5.74, 6) is 0.815. The Balaban J connectivity index is 2.37. The van der Waals surface area contributed by atoms with Crippen LogP contribution in [-0.2, 0) is 13.5 Å². The highest BCUT2D eigenvalue weighted by Gasteiger charge is 2.13. The van der Waals surface area contributed by atoms with E-state index in [1.54, 1.807) is 4.68 Å². The molecule has 0 aliphatic rings. The van der Waals surface area contributed by atoms with Gasteiger partial charge in [-0.2, -0.15) is 5.10 Å². The van der Waals surface area contributed by atoms with Crippen LogP contribution in [0.25, 0.3) is 0 Å². The lowest BCUT2D eigenvalue weighted by Gasteiger charge is -2.10. The van der Waals surface area contributed by atoms with Crippen molar-refractivity contribution in [1.82, 2.24) is 9.78 Å². The maximum absolute atomic E-state index is 6.07. The van der Waals surface area contributed by atoms with E-state index in [1.807, 2.05) is 32.2 Å². The van der Waals surface area contributed by atoms with E-state index in [-0.39, 0.29) is 0 Å². The van der Waals surface area contributed by atoms with Gasteiger partial charge in [0.05, 0.1) is 17.1 Å². The molecule has 1 aromatic heterocycles. The Bertz CT molecular complexity index is 578. The molecule has 0 saturated carbocycles. The fourth-order valence-corrected chi connectivity index (χ4v) is 2.87. The average molecular weight is 374 g/mol. The number of halogens is 2. The second kappa shape index (κ2) is 5.32. The Labute approximate surface area is 123 Å². The second-order valence-electron chi connectivity index (χ2n) is 3.94. The zero-order valence-corrected chi connectivity index (χ0v) is 13.3. The molecule has 0 saturated heterocycles. The van der Waals surface area contributed by atoms with Gasteiger partial charge in [0.25, 0.3) is 0 Å². The van der Waals surface area contributed by atoms with Crippen LogP contribution < -0.4 is 11.1 Å². The smallest absolute Gasteiger partial charge is 0.152 e. The molecule has 2 rings (SSSR count). The normalized spacial score (nSPS) is 10.7. The third kappa shape index (κ3) is 2.54. The summed E-state index contributed by atoms with van der Waals surface area (Å²) in [6.45, 7) is 2.04. The first-order valence-corrected chi connectivity index (χ1v) is 7.15. The summed E-state index contributed by atoms with van der Waals surface area (Å²) in [5, 5.41) is 7.68. The zero-order chi connectivity index (χ0) is 13.3. The van der Waals surface area contributed by atoms with Crippen molar-refractivity contribution >= 4 is 49.1 Å². The molecule has 1 aromatic carbocycles. The van der Waals surface area contributed by atoms with Gasteiger partial charge in [0, 0.05) is 16.0 Å². The van der Waals surface area contributed by atoms with Crippen LogP contribution in [0.1, 0.15) is 12.6 Å². The van der Waals surface area contributed by atoms with Crippen molar-refractivity contribution in [2.75, 3.05) is 11.1 Å². The van der Waals surface area contributed by atoms with Crippen molar-refractivity contribution in [2.45, 2.75) is 13.3 Å². The lowest BCUT2D eigenvalue weighted by molar-refractivity contribution is 0.753. The summed E-state index contributed by atoms with van der Waals surface area (Å²) in [6.07, 6.45) is 0.822. The molecular formula is C12H14Br2N4. The van der Waals surface area contributed by atoms with Gasteiger partial charge in [-0.3, -0.25) is 4.68 Å². The Morgan fingerprint density at radius 2 is 2.11 bits per heavy atom. The standard InChI is InChI=1S/C12H14Br2N4/c1-3-9-11(15)12(18(2)17-9)16-10-5-4-7(13)6-8(10)14/h4-6,16H,3,15H2,1-2H3. The Kier molecular flexibility index (Phi) is 3.97. The lowest BCUT2D eigenvalue weighted by atomic mass is 10.3. The molecule has 0 fully saturated rings. The van der Waals surface area contributed by atoms with Crippen LogP contribution in [0, 0.1) is 0 Å². The van der Waals surface area contributed by atoms with E-state index in [0.29, 0.717) is 5.69 Å². The fraction of sp³-hybridized carbons (Fsp3) is 0.250.